The highest BCUT2D eigenvalue weighted by Crippen LogP contribution is 2.49. The van der Waals surface area contributed by atoms with Crippen molar-refractivity contribution in [2.45, 2.75) is 31.7 Å². The Kier molecular flexibility index (Phi) is 3.84. The lowest BCUT2D eigenvalue weighted by Gasteiger charge is -2.54. The lowest BCUT2D eigenvalue weighted by atomic mass is 9.59. The second-order valence-corrected chi connectivity index (χ2v) is 6.55. The van der Waals surface area contributed by atoms with E-state index >= 15 is 0 Å². The number of rotatable bonds is 3. The van der Waals surface area contributed by atoms with Gasteiger partial charge in [-0.05, 0) is 37.2 Å². The maximum absolute atomic E-state index is 12.3. The van der Waals surface area contributed by atoms with Crippen molar-refractivity contribution in [3.05, 3.63) is 42.7 Å². The lowest BCUT2D eigenvalue weighted by molar-refractivity contribution is 0.0332. The molecule has 1 aliphatic heterocycles. The van der Waals surface area contributed by atoms with Gasteiger partial charge in [0.05, 0.1) is 6.20 Å². The minimum Gasteiger partial charge on any atom is -0.347 e. The van der Waals surface area contributed by atoms with Crippen LogP contribution in [-0.2, 0) is 0 Å². The topological polar surface area (TPSA) is 83.9 Å². The van der Waals surface area contributed by atoms with Crippen molar-refractivity contribution in [2.75, 3.05) is 18.0 Å². The smallest absolute Gasteiger partial charge is 0.271 e. The van der Waals surface area contributed by atoms with Crippen LogP contribution in [-0.4, -0.2) is 45.0 Å². The number of carbonyl (C=O) groups is 1. The van der Waals surface area contributed by atoms with E-state index in [-0.39, 0.29) is 17.4 Å². The monoisotopic (exact) mass is 324 g/mol. The van der Waals surface area contributed by atoms with Gasteiger partial charge in [-0.1, -0.05) is 0 Å². The van der Waals surface area contributed by atoms with E-state index in [0.29, 0.717) is 5.69 Å². The minimum atomic E-state index is -0.124. The molecule has 4 rings (SSSR count). The molecular weight excluding hydrogens is 304 g/mol. The van der Waals surface area contributed by atoms with E-state index in [4.69, 9.17) is 0 Å². The van der Waals surface area contributed by atoms with Gasteiger partial charge in [0.15, 0.2) is 0 Å². The number of piperidine rings is 1. The standard InChI is InChI=1S/C17H20N6O/c24-15(13-12-18-8-9-19-13)22-14-2-3-17(14)4-10-23(11-5-17)16-20-6-1-7-21-16/h1,6-9,12,14H,2-5,10-11H2,(H,22,24)/t14-/m1/s1. The molecule has 124 valence electrons. The summed E-state index contributed by atoms with van der Waals surface area (Å²) in [7, 11) is 0. The molecule has 1 aliphatic carbocycles. The molecule has 1 amide bonds. The molecule has 2 aromatic heterocycles. The van der Waals surface area contributed by atoms with Gasteiger partial charge in [-0.15, -0.1) is 0 Å². The van der Waals surface area contributed by atoms with E-state index in [1.54, 1.807) is 24.8 Å². The molecule has 1 saturated carbocycles. The van der Waals surface area contributed by atoms with Crippen LogP contribution < -0.4 is 10.2 Å². The van der Waals surface area contributed by atoms with Crippen molar-refractivity contribution >= 4 is 11.9 Å². The molecule has 1 saturated heterocycles. The number of carbonyl (C=O) groups excluding carboxylic acids is 1. The van der Waals surface area contributed by atoms with Gasteiger partial charge >= 0.3 is 0 Å². The first-order valence-corrected chi connectivity index (χ1v) is 8.36. The third-order valence-corrected chi connectivity index (χ3v) is 5.37. The molecule has 0 aromatic carbocycles. The minimum absolute atomic E-state index is 0.124. The van der Waals surface area contributed by atoms with Crippen molar-refractivity contribution in [3.63, 3.8) is 0 Å². The second kappa shape index (κ2) is 6.14. The van der Waals surface area contributed by atoms with E-state index < -0.39 is 0 Å². The number of amides is 1. The summed E-state index contributed by atoms with van der Waals surface area (Å²) in [5.74, 6) is 0.674. The molecular formula is C17H20N6O. The van der Waals surface area contributed by atoms with Gasteiger partial charge in [0.25, 0.3) is 5.91 Å². The fourth-order valence-electron chi connectivity index (χ4n) is 3.78. The first-order chi connectivity index (χ1) is 11.8. The molecule has 24 heavy (non-hydrogen) atoms. The molecule has 7 nitrogen and oxygen atoms in total. The van der Waals surface area contributed by atoms with Crippen LogP contribution >= 0.6 is 0 Å². The Bertz CT molecular complexity index is 700. The van der Waals surface area contributed by atoms with Crippen LogP contribution in [0, 0.1) is 5.41 Å². The predicted molar refractivity (Wildman–Crippen MR) is 88.4 cm³/mol. The molecule has 0 radical (unpaired) electrons. The highest BCUT2D eigenvalue weighted by atomic mass is 16.2. The zero-order chi connectivity index (χ0) is 16.4. The molecule has 1 spiro atoms. The Hall–Kier alpha value is -2.57. The van der Waals surface area contributed by atoms with Crippen LogP contribution in [0.4, 0.5) is 5.95 Å². The first kappa shape index (κ1) is 15.0. The summed E-state index contributed by atoms with van der Waals surface area (Å²) in [5, 5.41) is 3.16. The van der Waals surface area contributed by atoms with Gasteiger partial charge in [0.2, 0.25) is 5.95 Å². The van der Waals surface area contributed by atoms with Crippen LogP contribution in [0.5, 0.6) is 0 Å². The summed E-state index contributed by atoms with van der Waals surface area (Å²) >= 11 is 0. The van der Waals surface area contributed by atoms with Crippen LogP contribution in [0.25, 0.3) is 0 Å². The van der Waals surface area contributed by atoms with Gasteiger partial charge < -0.3 is 10.2 Å². The Morgan fingerprint density at radius 3 is 2.50 bits per heavy atom. The summed E-state index contributed by atoms with van der Waals surface area (Å²) < 4.78 is 0. The summed E-state index contributed by atoms with van der Waals surface area (Å²) in [5.41, 5.74) is 0.595. The number of aromatic nitrogens is 4. The molecule has 3 heterocycles. The Morgan fingerprint density at radius 2 is 1.88 bits per heavy atom. The van der Waals surface area contributed by atoms with Crippen molar-refractivity contribution < 1.29 is 4.79 Å². The SMILES string of the molecule is O=C(N[C@@H]1CCC12CCN(c1ncccn1)CC2)c1cnccn1. The fourth-order valence-corrected chi connectivity index (χ4v) is 3.78. The summed E-state index contributed by atoms with van der Waals surface area (Å²) in [6.45, 7) is 1.86. The fraction of sp³-hybridized carbons (Fsp3) is 0.471. The third kappa shape index (κ3) is 2.70. The van der Waals surface area contributed by atoms with Gasteiger partial charge in [0.1, 0.15) is 5.69 Å². The van der Waals surface area contributed by atoms with Gasteiger partial charge in [-0.2, -0.15) is 0 Å². The maximum Gasteiger partial charge on any atom is 0.271 e. The average molecular weight is 324 g/mol. The zero-order valence-corrected chi connectivity index (χ0v) is 13.4. The highest BCUT2D eigenvalue weighted by molar-refractivity contribution is 5.92. The van der Waals surface area contributed by atoms with E-state index in [9.17, 15) is 4.79 Å². The lowest BCUT2D eigenvalue weighted by Crippen LogP contribution is -2.59. The quantitative estimate of drug-likeness (QED) is 0.920. The maximum atomic E-state index is 12.3. The van der Waals surface area contributed by atoms with E-state index in [1.165, 1.54) is 12.6 Å². The predicted octanol–water partition coefficient (Wildman–Crippen LogP) is 1.45. The van der Waals surface area contributed by atoms with Crippen LogP contribution in [0.2, 0.25) is 0 Å². The molecule has 2 aliphatic rings. The van der Waals surface area contributed by atoms with Gasteiger partial charge in [-0.3, -0.25) is 9.78 Å². The van der Waals surface area contributed by atoms with Crippen LogP contribution in [0.3, 0.4) is 0 Å². The van der Waals surface area contributed by atoms with Gasteiger partial charge in [-0.25, -0.2) is 15.0 Å². The third-order valence-electron chi connectivity index (χ3n) is 5.37. The number of nitrogens with zero attached hydrogens (tertiary/aromatic N) is 5. The largest absolute Gasteiger partial charge is 0.347 e. The van der Waals surface area contributed by atoms with E-state index in [2.05, 4.69) is 30.2 Å². The number of hydrogen-bond acceptors (Lipinski definition) is 6. The number of hydrogen-bond donors (Lipinski definition) is 1. The summed E-state index contributed by atoms with van der Waals surface area (Å²) in [6, 6.07) is 2.06. The van der Waals surface area contributed by atoms with Crippen molar-refractivity contribution in [3.8, 4) is 0 Å². The Balaban J connectivity index is 1.38. The van der Waals surface area contributed by atoms with E-state index in [0.717, 1.165) is 38.3 Å². The molecule has 1 N–H and O–H groups in total. The Morgan fingerprint density at radius 1 is 1.08 bits per heavy atom. The summed E-state index contributed by atoms with van der Waals surface area (Å²) in [6.07, 6.45) is 12.5. The van der Waals surface area contributed by atoms with Crippen molar-refractivity contribution in [1.82, 2.24) is 25.3 Å². The highest BCUT2D eigenvalue weighted by Gasteiger charge is 2.49. The van der Waals surface area contributed by atoms with Crippen molar-refractivity contribution in [2.24, 2.45) is 5.41 Å². The van der Waals surface area contributed by atoms with Crippen LogP contribution in [0.15, 0.2) is 37.1 Å². The average Bonchev–Trinajstić information content (AvgIpc) is 2.66. The van der Waals surface area contributed by atoms with Crippen LogP contribution in [0.1, 0.15) is 36.2 Å². The second-order valence-electron chi connectivity index (χ2n) is 6.55. The normalized spacial score (nSPS) is 22.0. The molecule has 2 fully saturated rings. The zero-order valence-electron chi connectivity index (χ0n) is 13.4. The number of anilines is 1. The summed E-state index contributed by atoms with van der Waals surface area (Å²) in [4.78, 5) is 31.2. The van der Waals surface area contributed by atoms with Crippen molar-refractivity contribution in [1.29, 1.82) is 0 Å². The number of nitrogens with one attached hydrogen (secondary N) is 1. The molecule has 7 heteroatoms. The molecule has 0 bridgehead atoms. The Labute approximate surface area is 140 Å². The molecule has 2 aromatic rings. The first-order valence-electron chi connectivity index (χ1n) is 8.36. The van der Waals surface area contributed by atoms with E-state index in [1.807, 2.05) is 6.07 Å². The molecule has 1 atom stereocenters. The molecule has 0 unspecified atom stereocenters. The van der Waals surface area contributed by atoms with Gasteiger partial charge in [0, 0.05) is 43.9 Å².